The van der Waals surface area contributed by atoms with Crippen LogP contribution in [0.1, 0.15) is 39.5 Å². The van der Waals surface area contributed by atoms with E-state index in [2.05, 4.69) is 5.32 Å². The van der Waals surface area contributed by atoms with Crippen LogP contribution in [0.4, 0.5) is 0 Å². The first-order valence-corrected chi connectivity index (χ1v) is 6.65. The van der Waals surface area contributed by atoms with Gasteiger partial charge in [0.25, 0.3) is 0 Å². The zero-order valence-electron chi connectivity index (χ0n) is 11.6. The highest BCUT2D eigenvalue weighted by molar-refractivity contribution is 6.01. The third-order valence-electron chi connectivity index (χ3n) is 3.44. The van der Waals surface area contributed by atoms with E-state index in [4.69, 9.17) is 5.11 Å². The first-order valence-electron chi connectivity index (χ1n) is 6.65. The highest BCUT2D eigenvalue weighted by Gasteiger charge is 2.35. The lowest BCUT2D eigenvalue weighted by Gasteiger charge is -2.27. The molecule has 0 aromatic carbocycles. The summed E-state index contributed by atoms with van der Waals surface area (Å²) >= 11 is 0. The Labute approximate surface area is 113 Å². The Hall–Kier alpha value is -1.59. The van der Waals surface area contributed by atoms with Crippen molar-refractivity contribution in [2.24, 2.45) is 5.41 Å². The molecule has 1 fully saturated rings. The molecule has 2 amide bonds. The van der Waals surface area contributed by atoms with Crippen LogP contribution in [0.3, 0.4) is 0 Å². The van der Waals surface area contributed by atoms with Gasteiger partial charge in [-0.2, -0.15) is 0 Å². The number of nitrogens with one attached hydrogen (secondary N) is 1. The molecule has 19 heavy (non-hydrogen) atoms. The summed E-state index contributed by atoms with van der Waals surface area (Å²) in [7, 11) is 0. The van der Waals surface area contributed by atoms with Crippen LogP contribution in [0.2, 0.25) is 0 Å². The molecule has 1 rings (SSSR count). The number of piperidine rings is 1. The van der Waals surface area contributed by atoms with Crippen molar-refractivity contribution in [2.45, 2.75) is 39.5 Å². The van der Waals surface area contributed by atoms with Crippen molar-refractivity contribution in [3.63, 3.8) is 0 Å². The zero-order chi connectivity index (χ0) is 14.5. The van der Waals surface area contributed by atoms with Gasteiger partial charge in [0.05, 0.1) is 0 Å². The maximum atomic E-state index is 11.8. The van der Waals surface area contributed by atoms with Crippen LogP contribution in [0.15, 0.2) is 0 Å². The monoisotopic (exact) mass is 270 g/mol. The molecular weight excluding hydrogens is 248 g/mol. The molecule has 0 aromatic heterocycles. The largest absolute Gasteiger partial charge is 0.480 e. The Kier molecular flexibility index (Phi) is 5.32. The van der Waals surface area contributed by atoms with E-state index < -0.39 is 17.3 Å². The molecule has 6 heteroatoms. The van der Waals surface area contributed by atoms with E-state index >= 15 is 0 Å². The number of amides is 2. The maximum absolute atomic E-state index is 11.8. The number of aliphatic carboxylic acids is 1. The molecule has 0 bridgehead atoms. The van der Waals surface area contributed by atoms with E-state index in [0.717, 1.165) is 32.4 Å². The van der Waals surface area contributed by atoms with Crippen LogP contribution in [0.5, 0.6) is 0 Å². The molecule has 0 saturated carbocycles. The fourth-order valence-electron chi connectivity index (χ4n) is 1.90. The van der Waals surface area contributed by atoms with Crippen molar-refractivity contribution in [1.82, 2.24) is 10.2 Å². The molecule has 0 spiro atoms. The second-order valence-corrected chi connectivity index (χ2v) is 5.38. The minimum atomic E-state index is -1.46. The quantitative estimate of drug-likeness (QED) is 0.717. The predicted octanol–water partition coefficient (Wildman–Crippen LogP) is 0.616. The molecule has 1 saturated heterocycles. The second-order valence-electron chi connectivity index (χ2n) is 5.38. The Morgan fingerprint density at radius 2 is 1.74 bits per heavy atom. The van der Waals surface area contributed by atoms with E-state index in [0.29, 0.717) is 0 Å². The summed E-state index contributed by atoms with van der Waals surface area (Å²) in [6, 6.07) is 0. The van der Waals surface area contributed by atoms with E-state index in [1.54, 1.807) is 4.90 Å². The van der Waals surface area contributed by atoms with Crippen molar-refractivity contribution in [3.05, 3.63) is 0 Å². The highest BCUT2D eigenvalue weighted by Crippen LogP contribution is 2.15. The number of likely N-dealkylation sites (tertiary alicyclic amines) is 1. The lowest BCUT2D eigenvalue weighted by molar-refractivity contribution is -0.153. The van der Waals surface area contributed by atoms with Crippen LogP contribution < -0.4 is 5.32 Å². The lowest BCUT2D eigenvalue weighted by Crippen LogP contribution is -2.44. The number of nitrogens with zero attached hydrogens (tertiary/aromatic N) is 1. The average molecular weight is 270 g/mol. The molecule has 2 N–H and O–H groups in total. The number of carbonyl (C=O) groups is 3. The summed E-state index contributed by atoms with van der Waals surface area (Å²) in [5.41, 5.74) is -1.46. The third-order valence-corrected chi connectivity index (χ3v) is 3.44. The lowest BCUT2D eigenvalue weighted by atomic mass is 9.93. The topological polar surface area (TPSA) is 86.7 Å². The normalized spacial score (nSPS) is 16.0. The van der Waals surface area contributed by atoms with Crippen LogP contribution >= 0.6 is 0 Å². The van der Waals surface area contributed by atoms with Crippen molar-refractivity contribution in [3.8, 4) is 0 Å². The number of hydrogen-bond acceptors (Lipinski definition) is 3. The number of carboxylic acid groups (broad SMARTS) is 1. The van der Waals surface area contributed by atoms with Gasteiger partial charge < -0.3 is 15.3 Å². The van der Waals surface area contributed by atoms with Crippen molar-refractivity contribution >= 4 is 17.8 Å². The smallest absolute Gasteiger partial charge is 0.318 e. The Morgan fingerprint density at radius 1 is 1.16 bits per heavy atom. The molecule has 1 heterocycles. The van der Waals surface area contributed by atoms with Crippen LogP contribution in [-0.4, -0.2) is 47.4 Å². The SMILES string of the molecule is CC(C)(C(=O)O)C(=O)NCCC(=O)N1CCCCC1. The molecule has 0 unspecified atom stereocenters. The van der Waals surface area contributed by atoms with Gasteiger partial charge in [-0.3, -0.25) is 14.4 Å². The maximum Gasteiger partial charge on any atom is 0.318 e. The predicted molar refractivity (Wildman–Crippen MR) is 69.5 cm³/mol. The summed E-state index contributed by atoms with van der Waals surface area (Å²) in [5, 5.41) is 11.4. The summed E-state index contributed by atoms with van der Waals surface area (Å²) < 4.78 is 0. The fourth-order valence-corrected chi connectivity index (χ4v) is 1.90. The molecule has 1 aliphatic rings. The van der Waals surface area contributed by atoms with E-state index in [-0.39, 0.29) is 18.9 Å². The van der Waals surface area contributed by atoms with Crippen LogP contribution in [0, 0.1) is 5.41 Å². The van der Waals surface area contributed by atoms with Gasteiger partial charge in [-0.25, -0.2) is 0 Å². The zero-order valence-corrected chi connectivity index (χ0v) is 11.6. The molecular formula is C13H22N2O4. The third kappa shape index (κ3) is 4.22. The second kappa shape index (κ2) is 6.54. The van der Waals surface area contributed by atoms with Gasteiger partial charge in [-0.15, -0.1) is 0 Å². The first kappa shape index (κ1) is 15.5. The molecule has 0 radical (unpaired) electrons. The van der Waals surface area contributed by atoms with Gasteiger partial charge in [0.1, 0.15) is 5.41 Å². The van der Waals surface area contributed by atoms with Gasteiger partial charge in [0.15, 0.2) is 0 Å². The van der Waals surface area contributed by atoms with E-state index in [1.165, 1.54) is 13.8 Å². The average Bonchev–Trinajstić information content (AvgIpc) is 2.39. The Morgan fingerprint density at radius 3 is 2.26 bits per heavy atom. The van der Waals surface area contributed by atoms with Crippen LogP contribution in [0.25, 0.3) is 0 Å². The van der Waals surface area contributed by atoms with Crippen molar-refractivity contribution < 1.29 is 19.5 Å². The van der Waals surface area contributed by atoms with E-state index in [9.17, 15) is 14.4 Å². The number of carboxylic acids is 1. The van der Waals surface area contributed by atoms with Gasteiger partial charge in [0, 0.05) is 26.1 Å². The molecule has 0 aliphatic carbocycles. The highest BCUT2D eigenvalue weighted by atomic mass is 16.4. The van der Waals surface area contributed by atoms with Gasteiger partial charge >= 0.3 is 5.97 Å². The summed E-state index contributed by atoms with van der Waals surface area (Å²) in [5.74, 6) is -1.72. The number of carbonyl (C=O) groups excluding carboxylic acids is 2. The molecule has 108 valence electrons. The van der Waals surface area contributed by atoms with Crippen molar-refractivity contribution in [1.29, 1.82) is 0 Å². The minimum Gasteiger partial charge on any atom is -0.480 e. The molecule has 0 atom stereocenters. The first-order chi connectivity index (χ1) is 8.85. The van der Waals surface area contributed by atoms with Gasteiger partial charge in [-0.1, -0.05) is 0 Å². The van der Waals surface area contributed by atoms with E-state index in [1.807, 2.05) is 0 Å². The molecule has 0 aromatic rings. The fraction of sp³-hybridized carbons (Fsp3) is 0.769. The number of hydrogen-bond donors (Lipinski definition) is 2. The summed E-state index contributed by atoms with van der Waals surface area (Å²) in [6.45, 7) is 4.44. The van der Waals surface area contributed by atoms with Gasteiger partial charge in [0.2, 0.25) is 11.8 Å². The standard InChI is InChI=1S/C13H22N2O4/c1-13(2,12(18)19)11(17)14-7-6-10(16)15-8-4-3-5-9-15/h3-9H2,1-2H3,(H,14,17)(H,18,19). The van der Waals surface area contributed by atoms with Gasteiger partial charge in [-0.05, 0) is 33.1 Å². The summed E-state index contributed by atoms with van der Waals surface area (Å²) in [6.07, 6.45) is 3.45. The Balaban J connectivity index is 2.31. The number of rotatable bonds is 5. The summed E-state index contributed by atoms with van der Waals surface area (Å²) in [4.78, 5) is 36.1. The van der Waals surface area contributed by atoms with Crippen molar-refractivity contribution in [2.75, 3.05) is 19.6 Å². The van der Waals surface area contributed by atoms with Crippen LogP contribution in [-0.2, 0) is 14.4 Å². The molecule has 6 nitrogen and oxygen atoms in total. The minimum absolute atomic E-state index is 0.0214. The molecule has 1 aliphatic heterocycles. The Bertz CT molecular complexity index is 360.